The number of benzene rings is 1. The van der Waals surface area contributed by atoms with E-state index in [9.17, 15) is 0 Å². The van der Waals surface area contributed by atoms with Gasteiger partial charge in [0.15, 0.2) is 6.29 Å². The van der Waals surface area contributed by atoms with E-state index in [4.69, 9.17) is 19.9 Å². The number of methoxy groups -OCH3 is 1. The fourth-order valence-corrected chi connectivity index (χ4v) is 2.06. The molecule has 4 heteroatoms. The van der Waals surface area contributed by atoms with Crippen molar-refractivity contribution in [2.75, 3.05) is 26.1 Å². The molecule has 0 saturated carbocycles. The van der Waals surface area contributed by atoms with E-state index in [1.165, 1.54) is 0 Å². The summed E-state index contributed by atoms with van der Waals surface area (Å²) in [6.45, 7) is 7.65. The van der Waals surface area contributed by atoms with Crippen molar-refractivity contribution in [1.82, 2.24) is 0 Å². The van der Waals surface area contributed by atoms with Crippen molar-refractivity contribution < 1.29 is 14.2 Å². The lowest BCUT2D eigenvalue weighted by Gasteiger charge is -2.23. The summed E-state index contributed by atoms with van der Waals surface area (Å²) in [5, 5.41) is 0. The fourth-order valence-electron chi connectivity index (χ4n) is 2.06. The van der Waals surface area contributed by atoms with Crippen LogP contribution < -0.4 is 10.5 Å². The molecule has 0 atom stereocenters. The molecule has 0 radical (unpaired) electrons. The van der Waals surface area contributed by atoms with Crippen LogP contribution in [0.15, 0.2) is 12.1 Å². The van der Waals surface area contributed by atoms with Gasteiger partial charge in [0.25, 0.3) is 0 Å². The van der Waals surface area contributed by atoms with E-state index < -0.39 is 0 Å². The minimum Gasteiger partial charge on any atom is -0.494 e. The highest BCUT2D eigenvalue weighted by Crippen LogP contribution is 2.39. The van der Waals surface area contributed by atoms with Gasteiger partial charge in [-0.2, -0.15) is 0 Å². The summed E-state index contributed by atoms with van der Waals surface area (Å²) < 4.78 is 16.5. The van der Waals surface area contributed by atoms with Crippen LogP contribution in [0.4, 0.5) is 5.69 Å². The molecular formula is C14H21NO3. The van der Waals surface area contributed by atoms with Gasteiger partial charge in [-0.1, -0.05) is 20.8 Å². The van der Waals surface area contributed by atoms with E-state index in [2.05, 4.69) is 26.8 Å². The lowest BCUT2D eigenvalue weighted by molar-refractivity contribution is -0.0454. The molecule has 2 N–H and O–H groups in total. The SMILES string of the molecule is COc1c(N)cc(C(C)(C)C)cc1C1OCCO1. The van der Waals surface area contributed by atoms with Crippen LogP contribution >= 0.6 is 0 Å². The highest BCUT2D eigenvalue weighted by molar-refractivity contribution is 5.60. The van der Waals surface area contributed by atoms with Crippen molar-refractivity contribution in [2.24, 2.45) is 0 Å². The normalized spacial score (nSPS) is 17.1. The predicted octanol–water partition coefficient (Wildman–Crippen LogP) is 2.62. The Hall–Kier alpha value is -1.26. The average molecular weight is 251 g/mol. The van der Waals surface area contributed by atoms with Crippen LogP contribution in [0.25, 0.3) is 0 Å². The number of hydrogen-bond donors (Lipinski definition) is 1. The van der Waals surface area contributed by atoms with Gasteiger partial charge >= 0.3 is 0 Å². The molecule has 0 unspecified atom stereocenters. The number of nitrogen functional groups attached to an aromatic ring is 1. The second-order valence-corrected chi connectivity index (χ2v) is 5.51. The van der Waals surface area contributed by atoms with Crippen molar-refractivity contribution in [3.8, 4) is 5.75 Å². The van der Waals surface area contributed by atoms with Crippen molar-refractivity contribution in [1.29, 1.82) is 0 Å². The van der Waals surface area contributed by atoms with Crippen LogP contribution in [0.2, 0.25) is 0 Å². The zero-order chi connectivity index (χ0) is 13.3. The minimum absolute atomic E-state index is 0.0216. The van der Waals surface area contributed by atoms with Crippen molar-refractivity contribution in [3.63, 3.8) is 0 Å². The molecule has 0 spiro atoms. The Morgan fingerprint density at radius 3 is 2.33 bits per heavy atom. The van der Waals surface area contributed by atoms with Crippen LogP contribution in [0, 0.1) is 0 Å². The maximum Gasteiger partial charge on any atom is 0.187 e. The summed E-state index contributed by atoms with van der Waals surface area (Å²) in [4.78, 5) is 0. The lowest BCUT2D eigenvalue weighted by atomic mass is 9.85. The summed E-state index contributed by atoms with van der Waals surface area (Å²) >= 11 is 0. The first kappa shape index (κ1) is 13.2. The van der Waals surface area contributed by atoms with E-state index in [-0.39, 0.29) is 11.7 Å². The summed E-state index contributed by atoms with van der Waals surface area (Å²) in [6, 6.07) is 4.02. The van der Waals surface area contributed by atoms with Crippen molar-refractivity contribution in [2.45, 2.75) is 32.5 Å². The molecule has 0 bridgehead atoms. The Bertz CT molecular complexity index is 431. The van der Waals surface area contributed by atoms with Crippen LogP contribution in [0.5, 0.6) is 5.75 Å². The molecule has 1 aromatic carbocycles. The summed E-state index contributed by atoms with van der Waals surface area (Å²) in [5.41, 5.74) is 8.73. The van der Waals surface area contributed by atoms with E-state index >= 15 is 0 Å². The number of ether oxygens (including phenoxy) is 3. The number of anilines is 1. The van der Waals surface area contributed by atoms with Gasteiger partial charge in [-0.25, -0.2) is 0 Å². The monoisotopic (exact) mass is 251 g/mol. The average Bonchev–Trinajstić information content (AvgIpc) is 2.79. The number of nitrogens with two attached hydrogens (primary N) is 1. The highest BCUT2D eigenvalue weighted by Gasteiger charge is 2.26. The number of hydrogen-bond acceptors (Lipinski definition) is 4. The molecule has 1 heterocycles. The molecule has 1 fully saturated rings. The molecule has 100 valence electrons. The Labute approximate surface area is 108 Å². The van der Waals surface area contributed by atoms with Gasteiger partial charge in [0.2, 0.25) is 0 Å². The fraction of sp³-hybridized carbons (Fsp3) is 0.571. The topological polar surface area (TPSA) is 53.7 Å². The van der Waals surface area contributed by atoms with E-state index in [0.29, 0.717) is 24.7 Å². The molecule has 2 rings (SSSR count). The van der Waals surface area contributed by atoms with Crippen molar-refractivity contribution >= 4 is 5.69 Å². The predicted molar refractivity (Wildman–Crippen MR) is 70.8 cm³/mol. The molecule has 1 aromatic rings. The third-order valence-corrected chi connectivity index (χ3v) is 3.09. The molecule has 0 amide bonds. The molecule has 1 aliphatic heterocycles. The second kappa shape index (κ2) is 4.78. The quantitative estimate of drug-likeness (QED) is 0.821. The molecule has 1 saturated heterocycles. The van der Waals surface area contributed by atoms with E-state index in [1.54, 1.807) is 7.11 Å². The Morgan fingerprint density at radius 1 is 1.22 bits per heavy atom. The summed E-state index contributed by atoms with van der Waals surface area (Å²) in [5.74, 6) is 0.648. The largest absolute Gasteiger partial charge is 0.494 e. The van der Waals surface area contributed by atoms with E-state index in [0.717, 1.165) is 11.1 Å². The van der Waals surface area contributed by atoms with Gasteiger partial charge in [0.1, 0.15) is 5.75 Å². The third-order valence-electron chi connectivity index (χ3n) is 3.09. The van der Waals surface area contributed by atoms with Gasteiger partial charge in [-0.05, 0) is 23.1 Å². The Balaban J connectivity index is 2.50. The Morgan fingerprint density at radius 2 is 1.83 bits per heavy atom. The molecule has 0 aromatic heterocycles. The Kier molecular flexibility index (Phi) is 3.50. The van der Waals surface area contributed by atoms with Crippen LogP contribution in [-0.4, -0.2) is 20.3 Å². The lowest BCUT2D eigenvalue weighted by Crippen LogP contribution is -2.14. The summed E-state index contributed by atoms with van der Waals surface area (Å²) in [7, 11) is 1.61. The maximum absolute atomic E-state index is 6.06. The second-order valence-electron chi connectivity index (χ2n) is 5.51. The number of rotatable bonds is 2. The van der Waals surface area contributed by atoms with Gasteiger partial charge in [-0.15, -0.1) is 0 Å². The van der Waals surface area contributed by atoms with Gasteiger partial charge in [-0.3, -0.25) is 0 Å². The summed E-state index contributed by atoms with van der Waals surface area (Å²) in [6.07, 6.45) is -0.371. The van der Waals surface area contributed by atoms with E-state index in [1.807, 2.05) is 6.07 Å². The van der Waals surface area contributed by atoms with Gasteiger partial charge in [0.05, 0.1) is 31.6 Å². The highest BCUT2D eigenvalue weighted by atomic mass is 16.7. The minimum atomic E-state index is -0.371. The van der Waals surface area contributed by atoms with Crippen LogP contribution in [0.3, 0.4) is 0 Å². The van der Waals surface area contributed by atoms with Crippen LogP contribution in [-0.2, 0) is 14.9 Å². The first-order valence-electron chi connectivity index (χ1n) is 6.14. The zero-order valence-corrected chi connectivity index (χ0v) is 11.4. The maximum atomic E-state index is 6.06. The first-order valence-corrected chi connectivity index (χ1v) is 6.14. The van der Waals surface area contributed by atoms with Crippen molar-refractivity contribution in [3.05, 3.63) is 23.3 Å². The molecule has 4 nitrogen and oxygen atoms in total. The first-order chi connectivity index (χ1) is 8.43. The zero-order valence-electron chi connectivity index (χ0n) is 11.4. The van der Waals surface area contributed by atoms with Gasteiger partial charge < -0.3 is 19.9 Å². The molecule has 0 aliphatic carbocycles. The molecule has 1 aliphatic rings. The third kappa shape index (κ3) is 2.44. The van der Waals surface area contributed by atoms with Gasteiger partial charge in [0, 0.05) is 0 Å². The smallest absolute Gasteiger partial charge is 0.187 e. The van der Waals surface area contributed by atoms with Crippen LogP contribution in [0.1, 0.15) is 38.2 Å². The molecule has 18 heavy (non-hydrogen) atoms. The molecular weight excluding hydrogens is 230 g/mol. The standard InChI is InChI=1S/C14H21NO3/c1-14(2,3)9-7-10(13-17-5-6-18-13)12(16-4)11(15)8-9/h7-8,13H,5-6,15H2,1-4H3.